The Morgan fingerprint density at radius 1 is 1.15 bits per heavy atom. The Morgan fingerprint density at radius 3 is 2.27 bits per heavy atom. The highest BCUT2D eigenvalue weighted by Gasteiger charge is 2.38. The number of phenolic OH excluding ortho intramolecular Hbond substituents is 2. The van der Waals surface area contributed by atoms with Crippen LogP contribution in [0.15, 0.2) is 17.7 Å². The van der Waals surface area contributed by atoms with Gasteiger partial charge in [-0.05, 0) is 81.9 Å². The minimum absolute atomic E-state index is 0.194. The minimum Gasteiger partial charge on any atom is -0.508 e. The summed E-state index contributed by atoms with van der Waals surface area (Å²) in [5.74, 6) is 1.05. The molecule has 1 unspecified atom stereocenters. The molecule has 0 aliphatic heterocycles. The molecule has 0 bridgehead atoms. The molecule has 26 heavy (non-hydrogen) atoms. The molecule has 0 aliphatic carbocycles. The molecular weight excluding hydrogens is 324 g/mol. The predicted molar refractivity (Wildman–Crippen MR) is 110 cm³/mol. The third-order valence-corrected chi connectivity index (χ3v) is 5.85. The van der Waals surface area contributed by atoms with Crippen molar-refractivity contribution in [2.45, 2.75) is 86.7 Å². The molecule has 0 aromatic heterocycles. The summed E-state index contributed by atoms with van der Waals surface area (Å²) in [7, 11) is 0. The van der Waals surface area contributed by atoms with Crippen molar-refractivity contribution in [1.29, 1.82) is 0 Å². The van der Waals surface area contributed by atoms with Crippen molar-refractivity contribution in [3.8, 4) is 11.5 Å². The maximum absolute atomic E-state index is 11.1. The van der Waals surface area contributed by atoms with E-state index in [2.05, 4.69) is 40.7 Å². The Hall–Kier alpha value is -1.48. The van der Waals surface area contributed by atoms with E-state index in [9.17, 15) is 15.3 Å². The second-order valence-corrected chi connectivity index (χ2v) is 9.18. The van der Waals surface area contributed by atoms with Crippen LogP contribution in [0.5, 0.6) is 11.5 Å². The number of hydrogen-bond acceptors (Lipinski definition) is 3. The topological polar surface area (TPSA) is 60.7 Å². The third kappa shape index (κ3) is 5.51. The fourth-order valence-electron chi connectivity index (χ4n) is 3.39. The fraction of sp³-hybridized carbons (Fsp3) is 0.652. The van der Waals surface area contributed by atoms with Crippen molar-refractivity contribution in [1.82, 2.24) is 0 Å². The maximum Gasteiger partial charge on any atom is 0.121 e. The van der Waals surface area contributed by atoms with E-state index in [0.29, 0.717) is 29.9 Å². The van der Waals surface area contributed by atoms with E-state index in [1.54, 1.807) is 13.0 Å². The summed E-state index contributed by atoms with van der Waals surface area (Å²) in [5, 5.41) is 31.5. The first-order valence-electron chi connectivity index (χ1n) is 9.67. The summed E-state index contributed by atoms with van der Waals surface area (Å²) in [5.41, 5.74) is 2.27. The van der Waals surface area contributed by atoms with Crippen LogP contribution in [0.4, 0.5) is 0 Å². The average Bonchev–Trinajstić information content (AvgIpc) is 2.50. The van der Waals surface area contributed by atoms with Gasteiger partial charge >= 0.3 is 0 Å². The number of phenols is 2. The highest BCUT2D eigenvalue weighted by molar-refractivity contribution is 5.51. The Kier molecular flexibility index (Phi) is 7.35. The summed E-state index contributed by atoms with van der Waals surface area (Å²) in [6.45, 7) is 16.2. The monoisotopic (exact) mass is 362 g/mol. The smallest absolute Gasteiger partial charge is 0.121 e. The number of allylic oxidation sites excluding steroid dienone is 2. The molecule has 0 heterocycles. The van der Waals surface area contributed by atoms with E-state index in [1.165, 1.54) is 5.57 Å². The molecule has 0 aliphatic rings. The Labute approximate surface area is 159 Å². The van der Waals surface area contributed by atoms with Gasteiger partial charge < -0.3 is 15.3 Å². The molecule has 0 saturated heterocycles. The van der Waals surface area contributed by atoms with Crippen LogP contribution in [0.1, 0.15) is 77.5 Å². The third-order valence-electron chi connectivity index (χ3n) is 5.85. The molecule has 148 valence electrons. The van der Waals surface area contributed by atoms with Crippen LogP contribution < -0.4 is 0 Å². The van der Waals surface area contributed by atoms with Crippen molar-refractivity contribution in [3.63, 3.8) is 0 Å². The minimum atomic E-state index is -0.888. The van der Waals surface area contributed by atoms with E-state index < -0.39 is 5.60 Å². The van der Waals surface area contributed by atoms with Crippen LogP contribution in [0.25, 0.3) is 0 Å². The van der Waals surface area contributed by atoms with E-state index in [4.69, 9.17) is 0 Å². The van der Waals surface area contributed by atoms with Crippen LogP contribution in [-0.4, -0.2) is 20.9 Å². The average molecular weight is 363 g/mol. The normalized spacial score (nSPS) is 15.4. The van der Waals surface area contributed by atoms with Crippen molar-refractivity contribution in [2.24, 2.45) is 11.3 Å². The molecule has 0 fully saturated rings. The first-order chi connectivity index (χ1) is 11.8. The van der Waals surface area contributed by atoms with Crippen LogP contribution >= 0.6 is 0 Å². The molecule has 0 radical (unpaired) electrons. The van der Waals surface area contributed by atoms with Gasteiger partial charge in [-0.25, -0.2) is 0 Å². The van der Waals surface area contributed by atoms with E-state index in [1.807, 2.05) is 13.8 Å². The molecule has 3 nitrogen and oxygen atoms in total. The molecule has 3 N–H and O–H groups in total. The van der Waals surface area contributed by atoms with Crippen molar-refractivity contribution in [3.05, 3.63) is 34.4 Å². The van der Waals surface area contributed by atoms with E-state index in [-0.39, 0.29) is 16.9 Å². The summed E-state index contributed by atoms with van der Waals surface area (Å²) >= 11 is 0. The van der Waals surface area contributed by atoms with Gasteiger partial charge in [-0.2, -0.15) is 0 Å². The second-order valence-electron chi connectivity index (χ2n) is 9.18. The lowest BCUT2D eigenvalue weighted by Gasteiger charge is -2.40. The Bertz CT molecular complexity index is 652. The first kappa shape index (κ1) is 22.6. The molecule has 0 spiro atoms. The lowest BCUT2D eigenvalue weighted by atomic mass is 9.70. The van der Waals surface area contributed by atoms with Crippen LogP contribution in [-0.2, 0) is 6.42 Å². The number of aryl methyl sites for hydroxylation is 1. The molecule has 0 saturated carbocycles. The van der Waals surface area contributed by atoms with Crippen LogP contribution in [0.2, 0.25) is 0 Å². The number of aliphatic hydroxyl groups is 1. The van der Waals surface area contributed by atoms with Crippen LogP contribution in [0.3, 0.4) is 0 Å². The highest BCUT2D eigenvalue weighted by atomic mass is 16.3. The lowest BCUT2D eigenvalue weighted by Crippen LogP contribution is -2.42. The summed E-state index contributed by atoms with van der Waals surface area (Å²) in [6.07, 6.45) is 5.18. The zero-order chi connectivity index (χ0) is 20.3. The van der Waals surface area contributed by atoms with Gasteiger partial charge in [0.1, 0.15) is 11.5 Å². The molecule has 0 amide bonds. The Morgan fingerprint density at radius 2 is 1.73 bits per heavy atom. The number of benzene rings is 1. The van der Waals surface area contributed by atoms with Gasteiger partial charge in [0.2, 0.25) is 0 Å². The van der Waals surface area contributed by atoms with Gasteiger partial charge in [-0.3, -0.25) is 0 Å². The number of rotatable bonds is 8. The molecule has 1 atom stereocenters. The van der Waals surface area contributed by atoms with Gasteiger partial charge in [-0.15, -0.1) is 0 Å². The largest absolute Gasteiger partial charge is 0.508 e. The molecule has 1 aromatic carbocycles. The lowest BCUT2D eigenvalue weighted by molar-refractivity contribution is -0.0561. The summed E-state index contributed by atoms with van der Waals surface area (Å²) in [4.78, 5) is 0. The molecule has 1 rings (SSSR count). The van der Waals surface area contributed by atoms with Gasteiger partial charge in [0.05, 0.1) is 5.60 Å². The maximum atomic E-state index is 11.1. The van der Waals surface area contributed by atoms with Gasteiger partial charge in [0.25, 0.3) is 0 Å². The first-order valence-corrected chi connectivity index (χ1v) is 9.67. The van der Waals surface area contributed by atoms with E-state index in [0.717, 1.165) is 18.4 Å². The van der Waals surface area contributed by atoms with Gasteiger partial charge in [0, 0.05) is 5.56 Å². The zero-order valence-corrected chi connectivity index (χ0v) is 17.9. The van der Waals surface area contributed by atoms with Crippen molar-refractivity contribution < 1.29 is 15.3 Å². The second kappa shape index (κ2) is 8.47. The predicted octanol–water partition coefficient (Wildman–Crippen LogP) is 5.81. The van der Waals surface area contributed by atoms with Crippen molar-refractivity contribution >= 4 is 0 Å². The van der Waals surface area contributed by atoms with Gasteiger partial charge in [-0.1, -0.05) is 39.3 Å². The summed E-state index contributed by atoms with van der Waals surface area (Å²) < 4.78 is 0. The zero-order valence-electron chi connectivity index (χ0n) is 17.9. The molecule has 3 heteroatoms. The van der Waals surface area contributed by atoms with Crippen molar-refractivity contribution in [2.75, 3.05) is 0 Å². The van der Waals surface area contributed by atoms with E-state index >= 15 is 0 Å². The number of aromatic hydroxyl groups is 2. The highest BCUT2D eigenvalue weighted by Crippen LogP contribution is 2.40. The Balaban J connectivity index is 2.90. The SMILES string of the molecule is C/C(=C\CC(C)(C)C(C)(O)CCc1c(O)cc(C)c(O)c1C)CC(C)C. The van der Waals surface area contributed by atoms with Gasteiger partial charge in [0.15, 0.2) is 0 Å². The summed E-state index contributed by atoms with van der Waals surface area (Å²) in [6, 6.07) is 1.59. The molecule has 1 aromatic rings. The fourth-order valence-corrected chi connectivity index (χ4v) is 3.39. The number of hydrogen-bond donors (Lipinski definition) is 3. The van der Waals surface area contributed by atoms with Crippen LogP contribution in [0, 0.1) is 25.2 Å². The quantitative estimate of drug-likeness (QED) is 0.404. The molecular formula is C23H38O3. The standard InChI is InChI=1S/C23H38O3/c1-15(2)13-16(3)9-11-22(6,7)23(8,26)12-10-19-18(5)21(25)17(4)14-20(19)24/h9,14-15,24-26H,10-13H2,1-8H3/b16-9+.